The molecule has 0 N–H and O–H groups in total. The number of benzene rings is 1. The van der Waals surface area contributed by atoms with Crippen LogP contribution in [0.5, 0.6) is 0 Å². The molecule has 1 aliphatic carbocycles. The number of thioether (sulfide) groups is 1. The Balaban J connectivity index is 2.06. The van der Waals surface area contributed by atoms with Gasteiger partial charge in [-0.15, -0.1) is 0 Å². The monoisotopic (exact) mass is 412 g/mol. The molecule has 0 aliphatic heterocycles. The number of rotatable bonds is 5. The molecule has 0 atom stereocenters. The van der Waals surface area contributed by atoms with Crippen molar-refractivity contribution in [3.05, 3.63) is 23.0 Å². The molecule has 1 fully saturated rings. The molecule has 0 radical (unpaired) electrons. The second-order valence-corrected chi connectivity index (χ2v) is 10.7. The summed E-state index contributed by atoms with van der Waals surface area (Å²) >= 11 is 3.13. The SMILES string of the molecule is CSCCn1c(=NC(=O)C2CCCCC2)sc2cc(S(C)(=O)=O)ccc21. The molecule has 142 valence electrons. The molecule has 1 aromatic heterocycles. The van der Waals surface area contributed by atoms with Gasteiger partial charge in [-0.05, 0) is 37.3 Å². The van der Waals surface area contributed by atoms with Crippen molar-refractivity contribution in [3.63, 3.8) is 0 Å². The summed E-state index contributed by atoms with van der Waals surface area (Å²) in [6.07, 6.45) is 8.51. The second kappa shape index (κ2) is 8.27. The van der Waals surface area contributed by atoms with Gasteiger partial charge in [-0.1, -0.05) is 30.6 Å². The Morgan fingerprint density at radius 1 is 1.31 bits per heavy atom. The van der Waals surface area contributed by atoms with Gasteiger partial charge in [0.05, 0.1) is 15.1 Å². The van der Waals surface area contributed by atoms with Crippen molar-refractivity contribution in [3.8, 4) is 0 Å². The van der Waals surface area contributed by atoms with E-state index in [1.54, 1.807) is 23.9 Å². The Bertz CT molecular complexity index is 967. The van der Waals surface area contributed by atoms with Crippen LogP contribution in [0.3, 0.4) is 0 Å². The molecule has 3 rings (SSSR count). The Labute approximate surface area is 162 Å². The molecule has 2 aromatic rings. The number of thiazole rings is 1. The lowest BCUT2D eigenvalue weighted by Gasteiger charge is -2.17. The van der Waals surface area contributed by atoms with Crippen molar-refractivity contribution in [2.24, 2.45) is 10.9 Å². The molecule has 1 heterocycles. The van der Waals surface area contributed by atoms with Crippen LogP contribution in [0.1, 0.15) is 32.1 Å². The standard InChI is InChI=1S/C18H24N2O3S3/c1-24-11-10-20-15-9-8-14(26(2,22)23)12-16(15)25-18(20)19-17(21)13-6-4-3-5-7-13/h8-9,12-13H,3-7,10-11H2,1-2H3. The predicted octanol–water partition coefficient (Wildman–Crippen LogP) is 3.48. The molecule has 0 spiro atoms. The summed E-state index contributed by atoms with van der Waals surface area (Å²) in [6.45, 7) is 0.746. The first-order chi connectivity index (χ1) is 12.4. The van der Waals surface area contributed by atoms with Gasteiger partial charge in [0.1, 0.15) is 0 Å². The third-order valence-corrected chi connectivity index (χ3v) is 7.50. The van der Waals surface area contributed by atoms with Crippen molar-refractivity contribution < 1.29 is 13.2 Å². The van der Waals surface area contributed by atoms with E-state index in [9.17, 15) is 13.2 Å². The summed E-state index contributed by atoms with van der Waals surface area (Å²) in [5, 5.41) is 0. The van der Waals surface area contributed by atoms with Crippen molar-refractivity contribution in [1.82, 2.24) is 4.57 Å². The van der Waals surface area contributed by atoms with Crippen LogP contribution in [0.2, 0.25) is 0 Å². The van der Waals surface area contributed by atoms with Crippen molar-refractivity contribution >= 4 is 49.1 Å². The largest absolute Gasteiger partial charge is 0.316 e. The highest BCUT2D eigenvalue weighted by Crippen LogP contribution is 2.25. The summed E-state index contributed by atoms with van der Waals surface area (Å²) in [5.74, 6) is 0.914. The third-order valence-electron chi connectivity index (χ3n) is 4.76. The molecular weight excluding hydrogens is 388 g/mol. The fraction of sp³-hybridized carbons (Fsp3) is 0.556. The molecule has 8 heteroatoms. The van der Waals surface area contributed by atoms with E-state index in [-0.39, 0.29) is 11.8 Å². The van der Waals surface area contributed by atoms with Gasteiger partial charge in [-0.25, -0.2) is 8.42 Å². The molecule has 5 nitrogen and oxygen atoms in total. The number of hydrogen-bond acceptors (Lipinski definition) is 5. The van der Waals surface area contributed by atoms with Gasteiger partial charge >= 0.3 is 0 Å². The zero-order valence-corrected chi connectivity index (χ0v) is 17.6. The highest BCUT2D eigenvalue weighted by molar-refractivity contribution is 7.98. The molecule has 0 bridgehead atoms. The minimum Gasteiger partial charge on any atom is -0.316 e. The van der Waals surface area contributed by atoms with Gasteiger partial charge in [0.15, 0.2) is 14.6 Å². The number of sulfone groups is 1. The van der Waals surface area contributed by atoms with Crippen LogP contribution in [0.15, 0.2) is 28.1 Å². The van der Waals surface area contributed by atoms with Crippen LogP contribution in [0.4, 0.5) is 0 Å². The Kier molecular flexibility index (Phi) is 6.25. The normalized spacial score (nSPS) is 17.1. The average Bonchev–Trinajstić information content (AvgIpc) is 2.96. The molecule has 0 saturated heterocycles. The summed E-state index contributed by atoms with van der Waals surface area (Å²) in [7, 11) is -3.26. The maximum Gasteiger partial charge on any atom is 0.251 e. The Morgan fingerprint density at radius 2 is 2.04 bits per heavy atom. The fourth-order valence-corrected chi connectivity index (χ4v) is 5.49. The van der Waals surface area contributed by atoms with Gasteiger partial charge < -0.3 is 4.57 Å². The molecule has 26 heavy (non-hydrogen) atoms. The fourth-order valence-electron chi connectivity index (χ4n) is 3.30. The Hall–Kier alpha value is -1.12. The number of aromatic nitrogens is 1. The summed E-state index contributed by atoms with van der Waals surface area (Å²) in [4.78, 5) is 18.0. The van der Waals surface area contributed by atoms with E-state index in [1.807, 2.05) is 16.9 Å². The molecule has 1 amide bonds. The van der Waals surface area contributed by atoms with Crippen LogP contribution in [0, 0.1) is 5.92 Å². The topological polar surface area (TPSA) is 68.5 Å². The average molecular weight is 413 g/mol. The number of nitrogens with zero attached hydrogens (tertiary/aromatic N) is 2. The van der Waals surface area contributed by atoms with E-state index >= 15 is 0 Å². The zero-order valence-electron chi connectivity index (χ0n) is 15.1. The van der Waals surface area contributed by atoms with E-state index in [0.29, 0.717) is 9.70 Å². The molecular formula is C18H24N2O3S3. The van der Waals surface area contributed by atoms with Crippen LogP contribution in [0.25, 0.3) is 10.2 Å². The number of aryl methyl sites for hydroxylation is 1. The van der Waals surface area contributed by atoms with E-state index < -0.39 is 9.84 Å². The minimum absolute atomic E-state index is 0.0301. The number of carbonyl (C=O) groups is 1. The predicted molar refractivity (Wildman–Crippen MR) is 108 cm³/mol. The number of carbonyl (C=O) groups excluding carboxylic acids is 1. The first-order valence-electron chi connectivity index (χ1n) is 8.81. The lowest BCUT2D eigenvalue weighted by Crippen LogP contribution is -2.22. The first kappa shape index (κ1) is 19.6. The number of amides is 1. The molecule has 1 aliphatic rings. The number of hydrogen-bond donors (Lipinski definition) is 0. The van der Waals surface area contributed by atoms with Crippen LogP contribution in [-0.2, 0) is 21.2 Å². The van der Waals surface area contributed by atoms with Crippen LogP contribution < -0.4 is 4.80 Å². The van der Waals surface area contributed by atoms with E-state index in [2.05, 4.69) is 4.99 Å². The first-order valence-corrected chi connectivity index (χ1v) is 12.9. The molecule has 1 aromatic carbocycles. The summed E-state index contributed by atoms with van der Waals surface area (Å²) < 4.78 is 26.6. The Morgan fingerprint density at radius 3 is 2.69 bits per heavy atom. The highest BCUT2D eigenvalue weighted by atomic mass is 32.2. The van der Waals surface area contributed by atoms with Crippen molar-refractivity contribution in [2.45, 2.75) is 43.5 Å². The van der Waals surface area contributed by atoms with Crippen molar-refractivity contribution in [1.29, 1.82) is 0 Å². The van der Waals surface area contributed by atoms with Gasteiger partial charge in [0.25, 0.3) is 5.91 Å². The molecule has 1 saturated carbocycles. The van der Waals surface area contributed by atoms with Gasteiger partial charge in [0.2, 0.25) is 0 Å². The van der Waals surface area contributed by atoms with Gasteiger partial charge in [-0.2, -0.15) is 16.8 Å². The second-order valence-electron chi connectivity index (χ2n) is 6.72. The highest BCUT2D eigenvalue weighted by Gasteiger charge is 2.21. The summed E-state index contributed by atoms with van der Waals surface area (Å²) in [5.41, 5.74) is 0.937. The van der Waals surface area contributed by atoms with Crippen LogP contribution >= 0.6 is 23.1 Å². The lowest BCUT2D eigenvalue weighted by atomic mass is 9.89. The molecule has 0 unspecified atom stereocenters. The third kappa shape index (κ3) is 4.40. The smallest absolute Gasteiger partial charge is 0.251 e. The van der Waals surface area contributed by atoms with E-state index in [0.717, 1.165) is 48.2 Å². The minimum atomic E-state index is -3.26. The summed E-state index contributed by atoms with van der Waals surface area (Å²) in [6, 6.07) is 5.15. The van der Waals surface area contributed by atoms with E-state index in [4.69, 9.17) is 0 Å². The van der Waals surface area contributed by atoms with E-state index in [1.165, 1.54) is 24.0 Å². The van der Waals surface area contributed by atoms with Crippen LogP contribution in [-0.4, -0.2) is 37.2 Å². The quantitative estimate of drug-likeness (QED) is 0.754. The lowest BCUT2D eigenvalue weighted by molar-refractivity contribution is -0.122. The van der Waals surface area contributed by atoms with Gasteiger partial charge in [-0.3, -0.25) is 4.79 Å². The zero-order chi connectivity index (χ0) is 18.7. The van der Waals surface area contributed by atoms with Crippen molar-refractivity contribution in [2.75, 3.05) is 18.3 Å². The maximum atomic E-state index is 12.6. The number of fused-ring (bicyclic) bond motifs is 1. The van der Waals surface area contributed by atoms with Gasteiger partial charge in [0, 0.05) is 24.5 Å². The maximum absolute atomic E-state index is 12.6.